The van der Waals surface area contributed by atoms with Gasteiger partial charge in [-0.15, -0.1) is 0 Å². The van der Waals surface area contributed by atoms with Gasteiger partial charge < -0.3 is 16.2 Å². The highest BCUT2D eigenvalue weighted by atomic mass is 19.1. The SMILES string of the molecule is CN[C@@H](CO)c1cc(F)ccc1N. The lowest BCUT2D eigenvalue weighted by molar-refractivity contribution is 0.251. The van der Waals surface area contributed by atoms with Crippen LogP contribution in [0.1, 0.15) is 11.6 Å². The summed E-state index contributed by atoms with van der Waals surface area (Å²) >= 11 is 0. The Morgan fingerprint density at radius 1 is 1.62 bits per heavy atom. The van der Waals surface area contributed by atoms with E-state index < -0.39 is 0 Å². The van der Waals surface area contributed by atoms with Crippen LogP contribution in [-0.2, 0) is 0 Å². The minimum absolute atomic E-state index is 0.107. The highest BCUT2D eigenvalue weighted by Gasteiger charge is 2.11. The van der Waals surface area contributed by atoms with E-state index in [1.807, 2.05) is 0 Å². The Balaban J connectivity index is 3.03. The maximum Gasteiger partial charge on any atom is 0.123 e. The fourth-order valence-electron chi connectivity index (χ4n) is 1.19. The molecule has 4 heteroatoms. The number of benzene rings is 1. The van der Waals surface area contributed by atoms with E-state index in [9.17, 15) is 4.39 Å². The van der Waals surface area contributed by atoms with Crippen LogP contribution in [0.25, 0.3) is 0 Å². The van der Waals surface area contributed by atoms with E-state index in [-0.39, 0.29) is 18.5 Å². The van der Waals surface area contributed by atoms with Crippen molar-refractivity contribution in [3.63, 3.8) is 0 Å². The van der Waals surface area contributed by atoms with Gasteiger partial charge in [0, 0.05) is 5.69 Å². The second kappa shape index (κ2) is 4.20. The topological polar surface area (TPSA) is 58.3 Å². The minimum Gasteiger partial charge on any atom is -0.398 e. The Kier molecular flexibility index (Phi) is 3.22. The average Bonchev–Trinajstić information content (AvgIpc) is 2.13. The number of aliphatic hydroxyl groups excluding tert-OH is 1. The Hall–Kier alpha value is -1.13. The number of anilines is 1. The molecule has 0 fully saturated rings. The van der Waals surface area contributed by atoms with Crippen molar-refractivity contribution in [3.05, 3.63) is 29.6 Å². The van der Waals surface area contributed by atoms with Crippen LogP contribution in [0.5, 0.6) is 0 Å². The van der Waals surface area contributed by atoms with E-state index in [1.54, 1.807) is 7.05 Å². The van der Waals surface area contributed by atoms with Crippen LogP contribution >= 0.6 is 0 Å². The van der Waals surface area contributed by atoms with Gasteiger partial charge in [-0.25, -0.2) is 4.39 Å². The molecule has 4 N–H and O–H groups in total. The first-order valence-electron chi connectivity index (χ1n) is 4.02. The van der Waals surface area contributed by atoms with E-state index in [0.29, 0.717) is 11.3 Å². The summed E-state index contributed by atoms with van der Waals surface area (Å²) < 4.78 is 12.8. The van der Waals surface area contributed by atoms with Gasteiger partial charge in [0.1, 0.15) is 5.82 Å². The third-order valence-corrected chi connectivity index (χ3v) is 1.96. The summed E-state index contributed by atoms with van der Waals surface area (Å²) in [6.07, 6.45) is 0. The molecule has 0 saturated heterocycles. The summed E-state index contributed by atoms with van der Waals surface area (Å²) in [5, 5.41) is 11.8. The first kappa shape index (κ1) is 9.95. The number of halogens is 1. The molecular formula is C9H13FN2O. The molecule has 0 saturated carbocycles. The van der Waals surface area contributed by atoms with E-state index in [4.69, 9.17) is 10.8 Å². The summed E-state index contributed by atoms with van der Waals surface area (Å²) in [5.74, 6) is -0.349. The highest BCUT2D eigenvalue weighted by molar-refractivity contribution is 5.48. The van der Waals surface area contributed by atoms with Crippen molar-refractivity contribution < 1.29 is 9.50 Å². The van der Waals surface area contributed by atoms with Gasteiger partial charge in [0.15, 0.2) is 0 Å². The van der Waals surface area contributed by atoms with Crippen LogP contribution in [0.4, 0.5) is 10.1 Å². The second-order valence-corrected chi connectivity index (χ2v) is 2.80. The molecule has 0 aliphatic heterocycles. The molecule has 3 nitrogen and oxygen atoms in total. The lowest BCUT2D eigenvalue weighted by Crippen LogP contribution is -2.21. The molecular weight excluding hydrogens is 171 g/mol. The van der Waals surface area contributed by atoms with Crippen molar-refractivity contribution in [2.75, 3.05) is 19.4 Å². The standard InChI is InChI=1S/C9H13FN2O/c1-12-9(5-13)7-4-6(10)2-3-8(7)11/h2-4,9,12-13H,5,11H2,1H3/t9-/m0/s1. The quantitative estimate of drug-likeness (QED) is 0.605. The first-order chi connectivity index (χ1) is 6.19. The fraction of sp³-hybridized carbons (Fsp3) is 0.333. The van der Waals surface area contributed by atoms with Crippen molar-refractivity contribution in [3.8, 4) is 0 Å². The summed E-state index contributed by atoms with van der Waals surface area (Å²) in [6, 6.07) is 3.80. The van der Waals surface area contributed by atoms with Crippen molar-refractivity contribution >= 4 is 5.69 Å². The molecule has 0 heterocycles. The van der Waals surface area contributed by atoms with Gasteiger partial charge >= 0.3 is 0 Å². The molecule has 1 atom stereocenters. The molecule has 0 aliphatic carbocycles. The van der Waals surface area contributed by atoms with Crippen LogP contribution in [0.3, 0.4) is 0 Å². The van der Waals surface area contributed by atoms with Gasteiger partial charge in [0.25, 0.3) is 0 Å². The molecule has 0 aromatic heterocycles. The molecule has 72 valence electrons. The monoisotopic (exact) mass is 184 g/mol. The van der Waals surface area contributed by atoms with Crippen molar-refractivity contribution in [2.45, 2.75) is 6.04 Å². The normalized spacial score (nSPS) is 12.8. The third kappa shape index (κ3) is 2.17. The van der Waals surface area contributed by atoms with Crippen molar-refractivity contribution in [1.29, 1.82) is 0 Å². The van der Waals surface area contributed by atoms with Crippen LogP contribution in [0, 0.1) is 5.82 Å². The van der Waals surface area contributed by atoms with Gasteiger partial charge in [-0.3, -0.25) is 0 Å². The second-order valence-electron chi connectivity index (χ2n) is 2.80. The predicted octanol–water partition coefficient (Wildman–Crippen LogP) is 0.661. The van der Waals surface area contributed by atoms with E-state index >= 15 is 0 Å². The fourth-order valence-corrected chi connectivity index (χ4v) is 1.19. The van der Waals surface area contributed by atoms with Crippen LogP contribution in [0.15, 0.2) is 18.2 Å². The van der Waals surface area contributed by atoms with Crippen LogP contribution < -0.4 is 11.1 Å². The van der Waals surface area contributed by atoms with Crippen LogP contribution in [-0.4, -0.2) is 18.8 Å². The third-order valence-electron chi connectivity index (χ3n) is 1.96. The summed E-state index contributed by atoms with van der Waals surface area (Å²) in [6.45, 7) is -0.107. The zero-order valence-electron chi connectivity index (χ0n) is 7.42. The van der Waals surface area contributed by atoms with Gasteiger partial charge in [-0.05, 0) is 30.8 Å². The van der Waals surface area contributed by atoms with E-state index in [2.05, 4.69) is 5.32 Å². The Labute approximate surface area is 76.4 Å². The number of nitrogen functional groups attached to an aromatic ring is 1. The molecule has 0 radical (unpaired) electrons. The van der Waals surface area contributed by atoms with Crippen molar-refractivity contribution in [1.82, 2.24) is 5.32 Å². The van der Waals surface area contributed by atoms with Crippen LogP contribution in [0.2, 0.25) is 0 Å². The average molecular weight is 184 g/mol. The van der Waals surface area contributed by atoms with Gasteiger partial charge in [0.05, 0.1) is 12.6 Å². The molecule has 1 rings (SSSR count). The number of nitrogens with two attached hydrogens (primary N) is 1. The maximum absolute atomic E-state index is 12.8. The Bertz CT molecular complexity index is 287. The van der Waals surface area contributed by atoms with E-state index in [1.165, 1.54) is 18.2 Å². The van der Waals surface area contributed by atoms with Crippen molar-refractivity contribution in [2.24, 2.45) is 0 Å². The summed E-state index contributed by atoms with van der Waals surface area (Å²) in [5.41, 5.74) is 6.69. The smallest absolute Gasteiger partial charge is 0.123 e. The molecule has 0 unspecified atom stereocenters. The lowest BCUT2D eigenvalue weighted by atomic mass is 10.1. The zero-order valence-corrected chi connectivity index (χ0v) is 7.42. The Morgan fingerprint density at radius 3 is 2.85 bits per heavy atom. The van der Waals surface area contributed by atoms with Gasteiger partial charge in [-0.1, -0.05) is 0 Å². The largest absolute Gasteiger partial charge is 0.398 e. The van der Waals surface area contributed by atoms with E-state index in [0.717, 1.165) is 0 Å². The maximum atomic E-state index is 12.8. The zero-order chi connectivity index (χ0) is 9.84. The first-order valence-corrected chi connectivity index (χ1v) is 4.02. The minimum atomic E-state index is -0.349. The number of nitrogens with one attached hydrogen (secondary N) is 1. The predicted molar refractivity (Wildman–Crippen MR) is 49.7 cm³/mol. The molecule has 1 aromatic rings. The number of rotatable bonds is 3. The highest BCUT2D eigenvalue weighted by Crippen LogP contribution is 2.20. The number of likely N-dealkylation sites (N-methyl/N-ethyl adjacent to an activating group) is 1. The summed E-state index contributed by atoms with van der Waals surface area (Å²) in [4.78, 5) is 0. The molecule has 0 bridgehead atoms. The lowest BCUT2D eigenvalue weighted by Gasteiger charge is -2.15. The molecule has 0 aliphatic rings. The van der Waals surface area contributed by atoms with Gasteiger partial charge in [-0.2, -0.15) is 0 Å². The summed E-state index contributed by atoms with van der Waals surface area (Å²) in [7, 11) is 1.69. The number of hydrogen-bond donors (Lipinski definition) is 3. The molecule has 0 amide bonds. The molecule has 13 heavy (non-hydrogen) atoms. The Morgan fingerprint density at radius 2 is 2.31 bits per heavy atom. The molecule has 0 spiro atoms. The number of hydrogen-bond acceptors (Lipinski definition) is 3. The molecule has 1 aromatic carbocycles. The number of aliphatic hydroxyl groups is 1. The van der Waals surface area contributed by atoms with Gasteiger partial charge in [0.2, 0.25) is 0 Å².